The van der Waals surface area contributed by atoms with Crippen LogP contribution in [0.4, 0.5) is 8.78 Å². The Morgan fingerprint density at radius 2 is 1.89 bits per heavy atom. The smallest absolute Gasteiger partial charge is 0.303 e. The molecular formula is C14H18F2O2. The summed E-state index contributed by atoms with van der Waals surface area (Å²) in [4.78, 5) is 10.3. The molecule has 1 rings (SSSR count). The normalized spacial score (nSPS) is 13.3. The summed E-state index contributed by atoms with van der Waals surface area (Å²) in [6.45, 7) is 4.08. The van der Waals surface area contributed by atoms with Gasteiger partial charge in [-0.2, -0.15) is 0 Å². The molecule has 2 nitrogen and oxygen atoms in total. The summed E-state index contributed by atoms with van der Waals surface area (Å²) in [5.41, 5.74) is 0.908. The highest BCUT2D eigenvalue weighted by atomic mass is 19.3. The first-order valence-electron chi connectivity index (χ1n) is 6.07. The van der Waals surface area contributed by atoms with E-state index in [-0.39, 0.29) is 5.56 Å². The highest BCUT2D eigenvalue weighted by Gasteiger charge is 2.31. The second kappa shape index (κ2) is 5.94. The molecule has 0 aliphatic heterocycles. The van der Waals surface area contributed by atoms with Crippen molar-refractivity contribution in [3.63, 3.8) is 0 Å². The van der Waals surface area contributed by atoms with Gasteiger partial charge in [-0.1, -0.05) is 38.1 Å². The van der Waals surface area contributed by atoms with Crippen molar-refractivity contribution in [2.75, 3.05) is 0 Å². The highest BCUT2D eigenvalue weighted by molar-refractivity contribution is 5.66. The number of alkyl halides is 2. The molecule has 0 saturated heterocycles. The molecule has 1 N–H and O–H groups in total. The van der Waals surface area contributed by atoms with Crippen LogP contribution in [0.5, 0.6) is 0 Å². The molecular weight excluding hydrogens is 238 g/mol. The first kappa shape index (κ1) is 14.6. The van der Waals surface area contributed by atoms with E-state index < -0.39 is 24.7 Å². The molecule has 0 aliphatic carbocycles. The van der Waals surface area contributed by atoms with Gasteiger partial charge in [0.25, 0.3) is 5.92 Å². The molecule has 0 saturated carbocycles. The van der Waals surface area contributed by atoms with Gasteiger partial charge in [0.05, 0.1) is 6.42 Å². The fourth-order valence-corrected chi connectivity index (χ4v) is 1.70. The molecule has 0 amide bonds. The number of rotatable bonds is 6. The molecule has 0 spiro atoms. The Hall–Kier alpha value is -1.45. The first-order chi connectivity index (χ1) is 8.36. The van der Waals surface area contributed by atoms with Gasteiger partial charge in [0.15, 0.2) is 0 Å². The Balaban J connectivity index is 2.80. The minimum atomic E-state index is -3.08. The zero-order chi connectivity index (χ0) is 13.8. The van der Waals surface area contributed by atoms with E-state index in [1.165, 1.54) is 12.1 Å². The lowest BCUT2D eigenvalue weighted by Crippen LogP contribution is -2.15. The van der Waals surface area contributed by atoms with E-state index in [4.69, 9.17) is 5.11 Å². The van der Waals surface area contributed by atoms with Gasteiger partial charge in [-0.15, -0.1) is 0 Å². The molecule has 1 unspecified atom stereocenters. The molecule has 1 aromatic carbocycles. The van der Waals surface area contributed by atoms with Crippen molar-refractivity contribution in [3.8, 4) is 0 Å². The van der Waals surface area contributed by atoms with Gasteiger partial charge in [0, 0.05) is 12.0 Å². The number of carbonyl (C=O) groups is 1. The molecule has 0 radical (unpaired) electrons. The van der Waals surface area contributed by atoms with Crippen molar-refractivity contribution >= 4 is 5.97 Å². The average molecular weight is 256 g/mol. The van der Waals surface area contributed by atoms with E-state index in [0.717, 1.165) is 12.0 Å². The first-order valence-corrected chi connectivity index (χ1v) is 6.07. The third-order valence-electron chi connectivity index (χ3n) is 3.17. The number of carboxylic acids is 1. The molecule has 1 aromatic rings. The summed E-state index contributed by atoms with van der Waals surface area (Å²) in [6, 6.07) is 6.17. The van der Waals surface area contributed by atoms with Gasteiger partial charge in [-0.05, 0) is 17.9 Å². The quantitative estimate of drug-likeness (QED) is 0.829. The Morgan fingerprint density at radius 3 is 2.33 bits per heavy atom. The van der Waals surface area contributed by atoms with Crippen molar-refractivity contribution in [3.05, 3.63) is 35.4 Å². The molecule has 1 atom stereocenters. The second-order valence-electron chi connectivity index (χ2n) is 4.53. The molecule has 0 heterocycles. The average Bonchev–Trinajstić information content (AvgIpc) is 2.36. The van der Waals surface area contributed by atoms with Crippen molar-refractivity contribution in [1.82, 2.24) is 0 Å². The number of hydrogen-bond acceptors (Lipinski definition) is 1. The zero-order valence-electron chi connectivity index (χ0n) is 10.6. The summed E-state index contributed by atoms with van der Waals surface area (Å²) in [6.07, 6.45) is -0.236. The van der Waals surface area contributed by atoms with Gasteiger partial charge in [0.1, 0.15) is 0 Å². The third-order valence-corrected chi connectivity index (χ3v) is 3.17. The van der Waals surface area contributed by atoms with Crippen LogP contribution in [-0.2, 0) is 10.7 Å². The zero-order valence-corrected chi connectivity index (χ0v) is 10.6. The van der Waals surface area contributed by atoms with E-state index in [1.54, 1.807) is 12.1 Å². The number of benzene rings is 1. The molecule has 4 heteroatoms. The molecule has 18 heavy (non-hydrogen) atoms. The highest BCUT2D eigenvalue weighted by Crippen LogP contribution is 2.33. The standard InChI is InChI=1S/C14H18F2O2/c1-3-10(2)11-4-6-12(7-5-11)14(15,16)9-8-13(17)18/h4-7,10H,3,8-9H2,1-2H3,(H,17,18). The van der Waals surface area contributed by atoms with Crippen LogP contribution in [-0.4, -0.2) is 11.1 Å². The largest absolute Gasteiger partial charge is 0.481 e. The van der Waals surface area contributed by atoms with Gasteiger partial charge in [-0.25, -0.2) is 8.78 Å². The topological polar surface area (TPSA) is 37.3 Å². The lowest BCUT2D eigenvalue weighted by atomic mass is 9.95. The summed E-state index contributed by atoms with van der Waals surface area (Å²) < 4.78 is 27.3. The molecule has 0 aliphatic rings. The van der Waals surface area contributed by atoms with Crippen LogP contribution in [0.15, 0.2) is 24.3 Å². The van der Waals surface area contributed by atoms with Crippen LogP contribution in [0.25, 0.3) is 0 Å². The van der Waals surface area contributed by atoms with Gasteiger partial charge in [-0.3, -0.25) is 4.79 Å². The minimum Gasteiger partial charge on any atom is -0.481 e. The fraction of sp³-hybridized carbons (Fsp3) is 0.500. The van der Waals surface area contributed by atoms with Crippen molar-refractivity contribution in [2.24, 2.45) is 0 Å². The summed E-state index contributed by atoms with van der Waals surface area (Å²) in [5.74, 6) is -3.94. The summed E-state index contributed by atoms with van der Waals surface area (Å²) >= 11 is 0. The van der Waals surface area contributed by atoms with Crippen LogP contribution in [0.2, 0.25) is 0 Å². The van der Waals surface area contributed by atoms with Crippen LogP contribution in [0.1, 0.15) is 50.2 Å². The van der Waals surface area contributed by atoms with E-state index in [0.29, 0.717) is 5.92 Å². The Morgan fingerprint density at radius 1 is 1.33 bits per heavy atom. The van der Waals surface area contributed by atoms with E-state index in [2.05, 4.69) is 0 Å². The number of hydrogen-bond donors (Lipinski definition) is 1. The molecule has 100 valence electrons. The number of aliphatic carboxylic acids is 1. The van der Waals surface area contributed by atoms with Gasteiger partial charge < -0.3 is 5.11 Å². The Bertz CT molecular complexity index is 399. The van der Waals surface area contributed by atoms with Crippen LogP contribution in [0.3, 0.4) is 0 Å². The van der Waals surface area contributed by atoms with Crippen molar-refractivity contribution in [2.45, 2.75) is 45.0 Å². The van der Waals surface area contributed by atoms with Gasteiger partial charge in [0.2, 0.25) is 0 Å². The van der Waals surface area contributed by atoms with Crippen molar-refractivity contribution in [1.29, 1.82) is 0 Å². The SMILES string of the molecule is CCC(C)c1ccc(C(F)(F)CCC(=O)O)cc1. The summed E-state index contributed by atoms with van der Waals surface area (Å²) in [5, 5.41) is 8.44. The van der Waals surface area contributed by atoms with Crippen molar-refractivity contribution < 1.29 is 18.7 Å². The lowest BCUT2D eigenvalue weighted by Gasteiger charge is -2.17. The van der Waals surface area contributed by atoms with Crippen LogP contribution >= 0.6 is 0 Å². The Labute approximate surface area is 106 Å². The summed E-state index contributed by atoms with van der Waals surface area (Å²) in [7, 11) is 0. The predicted molar refractivity (Wildman–Crippen MR) is 65.9 cm³/mol. The molecule has 0 bridgehead atoms. The maximum Gasteiger partial charge on any atom is 0.303 e. The number of carboxylic acid groups (broad SMARTS) is 1. The fourth-order valence-electron chi connectivity index (χ4n) is 1.70. The van der Waals surface area contributed by atoms with E-state index >= 15 is 0 Å². The third kappa shape index (κ3) is 3.79. The van der Waals surface area contributed by atoms with Gasteiger partial charge >= 0.3 is 5.97 Å². The van der Waals surface area contributed by atoms with E-state index in [1.807, 2.05) is 13.8 Å². The molecule has 0 fully saturated rings. The lowest BCUT2D eigenvalue weighted by molar-refractivity contribution is -0.139. The Kier molecular flexibility index (Phi) is 4.82. The maximum atomic E-state index is 13.7. The predicted octanol–water partition coefficient (Wildman–Crippen LogP) is 4.16. The minimum absolute atomic E-state index is 0.115. The number of halogens is 2. The maximum absolute atomic E-state index is 13.7. The second-order valence-corrected chi connectivity index (χ2v) is 4.53. The van der Waals surface area contributed by atoms with Crippen LogP contribution in [0, 0.1) is 0 Å². The van der Waals surface area contributed by atoms with E-state index in [9.17, 15) is 13.6 Å². The van der Waals surface area contributed by atoms with Crippen LogP contribution < -0.4 is 0 Å². The molecule has 0 aromatic heterocycles. The monoisotopic (exact) mass is 256 g/mol.